The van der Waals surface area contributed by atoms with Crippen LogP contribution < -0.4 is 15.4 Å². The van der Waals surface area contributed by atoms with Crippen LogP contribution in [0.3, 0.4) is 0 Å². The lowest BCUT2D eigenvalue weighted by atomic mass is 10.2. The van der Waals surface area contributed by atoms with E-state index in [1.54, 1.807) is 30.3 Å². The maximum atomic E-state index is 11.8. The van der Waals surface area contributed by atoms with E-state index in [-0.39, 0.29) is 10.8 Å². The maximum Gasteiger partial charge on any atom is 0.241 e. The number of nitrogens with one attached hydrogen (secondary N) is 3. The van der Waals surface area contributed by atoms with Gasteiger partial charge in [0.1, 0.15) is 10.7 Å². The van der Waals surface area contributed by atoms with Crippen LogP contribution >= 0.6 is 11.6 Å². The minimum absolute atomic E-state index is 0.0902. The molecular formula is C16H19ClN4O3S. The van der Waals surface area contributed by atoms with E-state index in [9.17, 15) is 13.2 Å². The minimum Gasteiger partial charge on any atom is -0.370 e. The average molecular weight is 383 g/mol. The molecular weight excluding hydrogens is 364 g/mol. The number of halogens is 1. The van der Waals surface area contributed by atoms with E-state index in [0.29, 0.717) is 35.9 Å². The van der Waals surface area contributed by atoms with E-state index in [4.69, 9.17) is 11.6 Å². The molecule has 0 spiro atoms. The van der Waals surface area contributed by atoms with Gasteiger partial charge in [0.2, 0.25) is 15.9 Å². The first kappa shape index (κ1) is 19.2. The van der Waals surface area contributed by atoms with E-state index >= 15 is 0 Å². The van der Waals surface area contributed by atoms with Gasteiger partial charge in [-0.2, -0.15) is 0 Å². The molecule has 3 N–H and O–H groups in total. The summed E-state index contributed by atoms with van der Waals surface area (Å²) in [7, 11) is -2.14. The zero-order valence-corrected chi connectivity index (χ0v) is 15.2. The molecule has 1 amide bonds. The predicted molar refractivity (Wildman–Crippen MR) is 98.3 cm³/mol. The molecule has 0 fully saturated rings. The lowest BCUT2D eigenvalue weighted by molar-refractivity contribution is -0.116. The molecule has 1 aromatic heterocycles. The van der Waals surface area contributed by atoms with Gasteiger partial charge in [-0.3, -0.25) is 4.79 Å². The van der Waals surface area contributed by atoms with Crippen molar-refractivity contribution < 1.29 is 13.2 Å². The number of pyridine rings is 1. The molecule has 0 saturated carbocycles. The third-order valence-corrected chi connectivity index (χ3v) is 4.98. The fourth-order valence-corrected chi connectivity index (χ4v) is 2.78. The molecule has 0 radical (unpaired) electrons. The number of nitrogens with zero attached hydrogens (tertiary/aromatic N) is 1. The minimum atomic E-state index is -3.49. The maximum absolute atomic E-state index is 11.8. The highest BCUT2D eigenvalue weighted by molar-refractivity contribution is 7.89. The zero-order valence-electron chi connectivity index (χ0n) is 13.6. The normalized spacial score (nSPS) is 11.1. The van der Waals surface area contributed by atoms with Crippen LogP contribution in [-0.4, -0.2) is 32.9 Å². The summed E-state index contributed by atoms with van der Waals surface area (Å²) in [6.45, 7) is 0.541. The molecule has 2 rings (SSSR count). The number of sulfonamides is 1. The van der Waals surface area contributed by atoms with Crippen LogP contribution in [0.25, 0.3) is 0 Å². The van der Waals surface area contributed by atoms with E-state index < -0.39 is 10.0 Å². The Bertz CT molecular complexity index is 808. The van der Waals surface area contributed by atoms with Crippen molar-refractivity contribution in [3.05, 3.63) is 47.6 Å². The Kier molecular flexibility index (Phi) is 6.74. The van der Waals surface area contributed by atoms with Crippen LogP contribution in [0.1, 0.15) is 12.8 Å². The lowest BCUT2D eigenvalue weighted by Gasteiger charge is -2.08. The molecule has 0 saturated heterocycles. The first-order valence-corrected chi connectivity index (χ1v) is 9.46. The monoisotopic (exact) mass is 382 g/mol. The summed E-state index contributed by atoms with van der Waals surface area (Å²) >= 11 is 5.79. The summed E-state index contributed by atoms with van der Waals surface area (Å²) in [5.41, 5.74) is 0.699. The van der Waals surface area contributed by atoms with Gasteiger partial charge in [-0.15, -0.1) is 0 Å². The Morgan fingerprint density at radius 1 is 1.16 bits per heavy atom. The Morgan fingerprint density at radius 2 is 1.88 bits per heavy atom. The number of anilines is 2. The summed E-state index contributed by atoms with van der Waals surface area (Å²) in [5, 5.41) is 6.44. The van der Waals surface area contributed by atoms with Gasteiger partial charge in [0.25, 0.3) is 0 Å². The van der Waals surface area contributed by atoms with Gasteiger partial charge in [-0.05, 0) is 49.9 Å². The van der Waals surface area contributed by atoms with Crippen LogP contribution in [0, 0.1) is 0 Å². The fourth-order valence-electron chi connectivity index (χ4n) is 1.98. The molecule has 0 atom stereocenters. The highest BCUT2D eigenvalue weighted by Crippen LogP contribution is 2.14. The van der Waals surface area contributed by atoms with Gasteiger partial charge < -0.3 is 10.6 Å². The molecule has 25 heavy (non-hydrogen) atoms. The second-order valence-electron chi connectivity index (χ2n) is 5.17. The van der Waals surface area contributed by atoms with Gasteiger partial charge in [0.05, 0.1) is 0 Å². The van der Waals surface area contributed by atoms with Crippen molar-refractivity contribution in [3.63, 3.8) is 0 Å². The number of hydrogen-bond acceptors (Lipinski definition) is 5. The Hall–Kier alpha value is -2.16. The molecule has 134 valence electrons. The molecule has 7 nitrogen and oxygen atoms in total. The zero-order chi connectivity index (χ0) is 18.3. The van der Waals surface area contributed by atoms with Crippen molar-refractivity contribution in [1.29, 1.82) is 0 Å². The summed E-state index contributed by atoms with van der Waals surface area (Å²) in [6, 6.07) is 9.95. The number of amides is 1. The molecule has 0 aliphatic carbocycles. The first-order chi connectivity index (χ1) is 11.9. The van der Waals surface area contributed by atoms with E-state index in [1.807, 2.05) is 0 Å². The Balaban J connectivity index is 1.73. The van der Waals surface area contributed by atoms with Crippen LogP contribution in [-0.2, 0) is 14.8 Å². The number of rotatable bonds is 8. The third kappa shape index (κ3) is 6.00. The largest absolute Gasteiger partial charge is 0.370 e. The van der Waals surface area contributed by atoms with Gasteiger partial charge in [0.15, 0.2) is 0 Å². The number of hydrogen-bond donors (Lipinski definition) is 3. The Labute approximate surface area is 151 Å². The van der Waals surface area contributed by atoms with Crippen LogP contribution in [0.4, 0.5) is 11.5 Å². The molecule has 1 heterocycles. The van der Waals surface area contributed by atoms with Crippen molar-refractivity contribution in [2.24, 2.45) is 0 Å². The van der Waals surface area contributed by atoms with Crippen molar-refractivity contribution in [3.8, 4) is 0 Å². The number of carbonyl (C=O) groups excluding carboxylic acids is 1. The van der Waals surface area contributed by atoms with Crippen molar-refractivity contribution in [2.45, 2.75) is 17.7 Å². The molecule has 0 bridgehead atoms. The second-order valence-corrected chi connectivity index (χ2v) is 7.50. The highest BCUT2D eigenvalue weighted by Gasteiger charge is 2.11. The standard InChI is InChI=1S/C16H19ClN4O3S/c1-18-25(23,24)14-8-9-15(20-11-14)19-10-2-3-16(22)21-13-6-4-12(17)5-7-13/h4-9,11,18H,2-3,10H2,1H3,(H,19,20)(H,21,22). The second kappa shape index (κ2) is 8.80. The first-order valence-electron chi connectivity index (χ1n) is 7.59. The SMILES string of the molecule is CNS(=O)(=O)c1ccc(NCCCC(=O)Nc2ccc(Cl)cc2)nc1. The van der Waals surface area contributed by atoms with Crippen molar-refractivity contribution in [1.82, 2.24) is 9.71 Å². The Morgan fingerprint density at radius 3 is 2.48 bits per heavy atom. The summed E-state index contributed by atoms with van der Waals surface area (Å²) in [4.78, 5) is 16.0. The topological polar surface area (TPSA) is 100 Å². The molecule has 1 aromatic carbocycles. The van der Waals surface area contributed by atoms with Crippen LogP contribution in [0.5, 0.6) is 0 Å². The number of carbonyl (C=O) groups is 1. The van der Waals surface area contributed by atoms with Crippen molar-refractivity contribution in [2.75, 3.05) is 24.2 Å². The van der Waals surface area contributed by atoms with Gasteiger partial charge in [-0.1, -0.05) is 11.6 Å². The van der Waals surface area contributed by atoms with Gasteiger partial charge >= 0.3 is 0 Å². The van der Waals surface area contributed by atoms with Gasteiger partial charge in [0, 0.05) is 29.9 Å². The molecule has 9 heteroatoms. The summed E-state index contributed by atoms with van der Waals surface area (Å²) in [5.74, 6) is 0.459. The quantitative estimate of drug-likeness (QED) is 0.609. The van der Waals surface area contributed by atoms with Crippen LogP contribution in [0.2, 0.25) is 5.02 Å². The molecule has 0 aliphatic heterocycles. The highest BCUT2D eigenvalue weighted by atomic mass is 35.5. The summed E-state index contributed by atoms with van der Waals surface area (Å²) < 4.78 is 25.4. The summed E-state index contributed by atoms with van der Waals surface area (Å²) in [6.07, 6.45) is 2.24. The van der Waals surface area contributed by atoms with E-state index in [1.165, 1.54) is 19.3 Å². The van der Waals surface area contributed by atoms with Crippen LogP contribution in [0.15, 0.2) is 47.5 Å². The van der Waals surface area contributed by atoms with Gasteiger partial charge in [-0.25, -0.2) is 18.1 Å². The third-order valence-electron chi connectivity index (χ3n) is 3.33. The average Bonchev–Trinajstić information content (AvgIpc) is 2.61. The smallest absolute Gasteiger partial charge is 0.241 e. The molecule has 0 aliphatic rings. The molecule has 0 unspecified atom stereocenters. The lowest BCUT2D eigenvalue weighted by Crippen LogP contribution is -2.18. The number of aromatic nitrogens is 1. The van der Waals surface area contributed by atoms with E-state index in [0.717, 1.165) is 0 Å². The predicted octanol–water partition coefficient (Wildman–Crippen LogP) is 2.47. The molecule has 2 aromatic rings. The fraction of sp³-hybridized carbons (Fsp3) is 0.250. The van der Waals surface area contributed by atoms with E-state index in [2.05, 4.69) is 20.3 Å². The number of benzene rings is 1. The van der Waals surface area contributed by atoms with Crippen molar-refractivity contribution >= 4 is 39.0 Å².